The van der Waals surface area contributed by atoms with Crippen LogP contribution < -0.4 is 5.56 Å². The number of aromatic nitrogens is 3. The zero-order chi connectivity index (χ0) is 18.1. The van der Waals surface area contributed by atoms with Crippen molar-refractivity contribution in [3.8, 4) is 10.6 Å². The van der Waals surface area contributed by atoms with Gasteiger partial charge in [0.2, 0.25) is 0 Å². The van der Waals surface area contributed by atoms with E-state index in [1.165, 1.54) is 21.8 Å². The van der Waals surface area contributed by atoms with Crippen molar-refractivity contribution in [2.75, 3.05) is 0 Å². The second kappa shape index (κ2) is 6.81. The van der Waals surface area contributed by atoms with Crippen molar-refractivity contribution in [1.82, 2.24) is 14.4 Å². The van der Waals surface area contributed by atoms with E-state index >= 15 is 0 Å². The van der Waals surface area contributed by atoms with E-state index in [0.29, 0.717) is 11.3 Å². The molecular weight excluding hydrogens is 370 g/mol. The molecule has 4 heterocycles. The molecule has 0 aliphatic heterocycles. The van der Waals surface area contributed by atoms with Crippen molar-refractivity contribution in [3.05, 3.63) is 73.9 Å². The standard InChI is InChI=1S/C18H13N3O3S2/c1-11-2-3-15-19-13(6-16(22)21(15)7-11)8-24-18(23)14-10-26-17(20-14)12-4-5-25-9-12/h2-7,9-10H,8H2,1H3. The number of fused-ring (bicyclic) bond motifs is 1. The van der Waals surface area contributed by atoms with E-state index in [1.807, 2.05) is 29.8 Å². The van der Waals surface area contributed by atoms with Crippen molar-refractivity contribution in [2.24, 2.45) is 0 Å². The highest BCUT2D eigenvalue weighted by Gasteiger charge is 2.14. The summed E-state index contributed by atoms with van der Waals surface area (Å²) < 4.78 is 6.74. The maximum atomic E-state index is 12.2. The van der Waals surface area contributed by atoms with Gasteiger partial charge in [-0.2, -0.15) is 11.3 Å². The molecule has 0 amide bonds. The number of esters is 1. The van der Waals surface area contributed by atoms with Gasteiger partial charge in [0.1, 0.15) is 17.3 Å². The molecule has 0 fully saturated rings. The molecule has 26 heavy (non-hydrogen) atoms. The molecule has 0 spiro atoms. The highest BCUT2D eigenvalue weighted by Crippen LogP contribution is 2.26. The van der Waals surface area contributed by atoms with Gasteiger partial charge in [0.15, 0.2) is 5.69 Å². The highest BCUT2D eigenvalue weighted by atomic mass is 32.1. The number of thiazole rings is 1. The monoisotopic (exact) mass is 383 g/mol. The number of hydrogen-bond donors (Lipinski definition) is 0. The number of hydrogen-bond acceptors (Lipinski definition) is 7. The first-order valence-electron chi connectivity index (χ1n) is 7.74. The minimum Gasteiger partial charge on any atom is -0.454 e. The summed E-state index contributed by atoms with van der Waals surface area (Å²) in [6, 6.07) is 6.96. The van der Waals surface area contributed by atoms with Crippen LogP contribution in [-0.4, -0.2) is 20.3 Å². The molecule has 0 saturated heterocycles. The van der Waals surface area contributed by atoms with Gasteiger partial charge < -0.3 is 4.74 Å². The Balaban J connectivity index is 1.50. The molecule has 4 aromatic rings. The average Bonchev–Trinajstić information content (AvgIpc) is 3.31. The molecule has 0 bridgehead atoms. The lowest BCUT2D eigenvalue weighted by Crippen LogP contribution is -2.17. The number of thiophene rings is 1. The Kier molecular flexibility index (Phi) is 4.36. The van der Waals surface area contributed by atoms with Gasteiger partial charge in [-0.15, -0.1) is 11.3 Å². The van der Waals surface area contributed by atoms with Crippen molar-refractivity contribution >= 4 is 34.3 Å². The minimum absolute atomic E-state index is 0.0796. The van der Waals surface area contributed by atoms with Crippen molar-refractivity contribution < 1.29 is 9.53 Å². The molecule has 6 nitrogen and oxygen atoms in total. The highest BCUT2D eigenvalue weighted by molar-refractivity contribution is 7.14. The lowest BCUT2D eigenvalue weighted by Gasteiger charge is -2.05. The Morgan fingerprint density at radius 1 is 1.23 bits per heavy atom. The van der Waals surface area contributed by atoms with Crippen LogP contribution in [0.1, 0.15) is 21.7 Å². The van der Waals surface area contributed by atoms with Crippen LogP contribution in [0.3, 0.4) is 0 Å². The van der Waals surface area contributed by atoms with E-state index in [9.17, 15) is 9.59 Å². The van der Waals surface area contributed by atoms with Crippen LogP contribution in [0.25, 0.3) is 16.2 Å². The second-order valence-corrected chi connectivity index (χ2v) is 7.28. The number of carbonyl (C=O) groups is 1. The van der Waals surface area contributed by atoms with E-state index in [4.69, 9.17) is 4.74 Å². The molecule has 4 rings (SSSR count). The Morgan fingerprint density at radius 3 is 2.92 bits per heavy atom. The first-order chi connectivity index (χ1) is 12.6. The molecule has 0 aromatic carbocycles. The predicted molar refractivity (Wildman–Crippen MR) is 101 cm³/mol. The smallest absolute Gasteiger partial charge is 0.358 e. The fourth-order valence-corrected chi connectivity index (χ4v) is 3.93. The Morgan fingerprint density at radius 2 is 2.12 bits per heavy atom. The van der Waals surface area contributed by atoms with Crippen LogP contribution in [0.2, 0.25) is 0 Å². The van der Waals surface area contributed by atoms with Crippen LogP contribution in [0, 0.1) is 6.92 Å². The van der Waals surface area contributed by atoms with Gasteiger partial charge in [-0.3, -0.25) is 9.20 Å². The average molecular weight is 383 g/mol. The number of carbonyl (C=O) groups excluding carboxylic acids is 1. The van der Waals surface area contributed by atoms with Crippen LogP contribution in [0.4, 0.5) is 0 Å². The summed E-state index contributed by atoms with van der Waals surface area (Å²) in [7, 11) is 0. The van der Waals surface area contributed by atoms with Gasteiger partial charge >= 0.3 is 5.97 Å². The molecule has 4 aromatic heterocycles. The first-order valence-corrected chi connectivity index (χ1v) is 9.56. The molecular formula is C18H13N3O3S2. The zero-order valence-corrected chi connectivity index (χ0v) is 15.3. The summed E-state index contributed by atoms with van der Waals surface area (Å²) in [6.07, 6.45) is 1.72. The topological polar surface area (TPSA) is 73.6 Å². The molecule has 8 heteroatoms. The van der Waals surface area contributed by atoms with E-state index in [2.05, 4.69) is 9.97 Å². The van der Waals surface area contributed by atoms with Gasteiger partial charge in [0, 0.05) is 28.6 Å². The molecule has 0 aliphatic rings. The summed E-state index contributed by atoms with van der Waals surface area (Å²) >= 11 is 2.96. The van der Waals surface area contributed by atoms with Crippen LogP contribution in [0.15, 0.2) is 51.4 Å². The Hall–Kier alpha value is -2.84. The van der Waals surface area contributed by atoms with Crippen molar-refractivity contribution in [1.29, 1.82) is 0 Å². The number of rotatable bonds is 4. The van der Waals surface area contributed by atoms with E-state index in [-0.39, 0.29) is 17.9 Å². The van der Waals surface area contributed by atoms with Crippen molar-refractivity contribution in [3.63, 3.8) is 0 Å². The maximum Gasteiger partial charge on any atom is 0.358 e. The summed E-state index contributed by atoms with van der Waals surface area (Å²) in [4.78, 5) is 33.0. The van der Waals surface area contributed by atoms with Crippen LogP contribution >= 0.6 is 22.7 Å². The lowest BCUT2D eigenvalue weighted by molar-refractivity contribution is 0.0462. The fraction of sp³-hybridized carbons (Fsp3) is 0.111. The fourth-order valence-electron chi connectivity index (χ4n) is 2.43. The third-order valence-electron chi connectivity index (χ3n) is 3.69. The van der Waals surface area contributed by atoms with Crippen LogP contribution in [0.5, 0.6) is 0 Å². The maximum absolute atomic E-state index is 12.2. The second-order valence-electron chi connectivity index (χ2n) is 5.65. The first kappa shape index (κ1) is 16.6. The van der Waals surface area contributed by atoms with Gasteiger partial charge in [0.25, 0.3) is 5.56 Å². The van der Waals surface area contributed by atoms with Gasteiger partial charge in [-0.1, -0.05) is 6.07 Å². The summed E-state index contributed by atoms with van der Waals surface area (Å²) in [6.45, 7) is 1.82. The molecule has 0 N–H and O–H groups in total. The summed E-state index contributed by atoms with van der Waals surface area (Å²) in [5.41, 5.74) is 2.91. The Bertz CT molecular complexity index is 1150. The molecule has 130 valence electrons. The SMILES string of the molecule is Cc1ccc2nc(COC(=O)c3csc(-c4ccsc4)n3)cc(=O)n2c1. The molecule has 0 saturated carbocycles. The van der Waals surface area contributed by atoms with E-state index < -0.39 is 5.97 Å². The lowest BCUT2D eigenvalue weighted by atomic mass is 10.3. The molecule has 0 aliphatic carbocycles. The van der Waals surface area contributed by atoms with Gasteiger partial charge in [0.05, 0.1) is 5.69 Å². The van der Waals surface area contributed by atoms with Crippen molar-refractivity contribution in [2.45, 2.75) is 13.5 Å². The minimum atomic E-state index is -0.534. The van der Waals surface area contributed by atoms with Gasteiger partial charge in [-0.05, 0) is 30.0 Å². The number of ether oxygens (including phenoxy) is 1. The van der Waals surface area contributed by atoms with Gasteiger partial charge in [-0.25, -0.2) is 14.8 Å². The third-order valence-corrected chi connectivity index (χ3v) is 5.27. The Labute approximate surface area is 156 Å². The predicted octanol–water partition coefficient (Wildman–Crippen LogP) is 3.54. The quantitative estimate of drug-likeness (QED) is 0.504. The number of aryl methyl sites for hydroxylation is 1. The third kappa shape index (κ3) is 3.29. The largest absolute Gasteiger partial charge is 0.454 e. The van der Waals surface area contributed by atoms with Crippen LogP contribution in [-0.2, 0) is 11.3 Å². The number of nitrogens with zero attached hydrogens (tertiary/aromatic N) is 3. The van der Waals surface area contributed by atoms with E-state index in [0.717, 1.165) is 16.1 Å². The normalized spacial score (nSPS) is 11.0. The molecule has 0 radical (unpaired) electrons. The molecule has 0 atom stereocenters. The van der Waals surface area contributed by atoms with E-state index in [1.54, 1.807) is 29.0 Å². The molecule has 0 unspecified atom stereocenters. The summed E-state index contributed by atoms with van der Waals surface area (Å²) in [5.74, 6) is -0.534. The summed E-state index contributed by atoms with van der Waals surface area (Å²) in [5, 5.41) is 6.37. The number of pyridine rings is 1. The zero-order valence-electron chi connectivity index (χ0n) is 13.7.